The number of benzene rings is 8. The normalized spacial score (nSPS) is 14.5. The molecule has 0 radical (unpaired) electrons. The molecule has 59 heavy (non-hydrogen) atoms. The number of hydrogen-bond donors (Lipinski definition) is 0. The van der Waals surface area contributed by atoms with Crippen LogP contribution in [0.3, 0.4) is 0 Å². The molecular formula is C55H37NO2S. The maximum atomic E-state index is 6.93. The van der Waals surface area contributed by atoms with Crippen LogP contribution in [-0.4, -0.2) is 5.75 Å². The van der Waals surface area contributed by atoms with Gasteiger partial charge in [-0.25, -0.2) is 0 Å². The number of rotatable bonds is 4. The van der Waals surface area contributed by atoms with Crippen LogP contribution in [0, 0.1) is 0 Å². The van der Waals surface area contributed by atoms with E-state index in [1.54, 1.807) is 0 Å². The summed E-state index contributed by atoms with van der Waals surface area (Å²) in [6.45, 7) is 0. The highest BCUT2D eigenvalue weighted by Gasteiger charge is 2.52. The van der Waals surface area contributed by atoms with Crippen molar-refractivity contribution in [3.63, 3.8) is 0 Å². The van der Waals surface area contributed by atoms with Gasteiger partial charge in [0, 0.05) is 28.1 Å². The third kappa shape index (κ3) is 5.30. The highest BCUT2D eigenvalue weighted by molar-refractivity contribution is 7.99. The van der Waals surface area contributed by atoms with E-state index in [1.807, 2.05) is 17.8 Å². The van der Waals surface area contributed by atoms with E-state index >= 15 is 0 Å². The zero-order chi connectivity index (χ0) is 38.9. The highest BCUT2D eigenvalue weighted by atomic mass is 32.2. The van der Waals surface area contributed by atoms with Crippen LogP contribution in [0.25, 0.3) is 33.4 Å². The van der Waals surface area contributed by atoms with Crippen LogP contribution in [0.5, 0.6) is 23.0 Å². The molecule has 0 unspecified atom stereocenters. The molecule has 1 spiro atoms. The molecule has 0 N–H and O–H groups in total. The van der Waals surface area contributed by atoms with Crippen molar-refractivity contribution in [2.75, 3.05) is 10.7 Å². The molecule has 0 aromatic heterocycles. The lowest BCUT2D eigenvalue weighted by Crippen LogP contribution is -2.25. The van der Waals surface area contributed by atoms with Crippen molar-refractivity contribution < 1.29 is 9.47 Å². The van der Waals surface area contributed by atoms with Crippen LogP contribution in [0.1, 0.15) is 27.8 Å². The molecule has 0 amide bonds. The van der Waals surface area contributed by atoms with Gasteiger partial charge in [0.15, 0.2) is 23.0 Å². The number of nitrogens with zero attached hydrogens (tertiary/aromatic N) is 1. The fourth-order valence-electron chi connectivity index (χ4n) is 9.73. The quantitative estimate of drug-likeness (QED) is 0.177. The third-order valence-corrected chi connectivity index (χ3v) is 13.3. The lowest BCUT2D eigenvalue weighted by molar-refractivity contribution is 0.359. The molecule has 0 saturated carbocycles. The van der Waals surface area contributed by atoms with Gasteiger partial charge in [-0.3, -0.25) is 0 Å². The number of para-hydroxylation sites is 1. The van der Waals surface area contributed by atoms with E-state index in [4.69, 9.17) is 9.47 Å². The molecular weight excluding hydrogens is 739 g/mol. The van der Waals surface area contributed by atoms with E-state index in [9.17, 15) is 0 Å². The van der Waals surface area contributed by atoms with Gasteiger partial charge in [-0.05, 0) is 128 Å². The summed E-state index contributed by atoms with van der Waals surface area (Å²) in [5.74, 6) is 3.80. The van der Waals surface area contributed by atoms with Crippen molar-refractivity contribution >= 4 is 28.8 Å². The fourth-order valence-corrected chi connectivity index (χ4v) is 10.6. The van der Waals surface area contributed by atoms with Crippen molar-refractivity contribution in [1.82, 2.24) is 0 Å². The second kappa shape index (κ2) is 13.5. The first kappa shape index (κ1) is 34.1. The minimum atomic E-state index is -0.458. The number of anilines is 3. The molecule has 8 aromatic rings. The van der Waals surface area contributed by atoms with Crippen molar-refractivity contribution in [3.05, 3.63) is 228 Å². The SMILES string of the molecule is C1=CCSc2ccc(-c3ccc(N(c4ccccc4)c4ccc5c(c4)Oc4cc6c(cc4O5)-c4ccccc4C64c5ccccc5-c5ccccc54)cc3)cc2CC=C1. The minimum absolute atomic E-state index is 0.458. The molecule has 0 saturated heterocycles. The van der Waals surface area contributed by atoms with Crippen LogP contribution < -0.4 is 14.4 Å². The first-order chi connectivity index (χ1) is 29.2. The lowest BCUT2D eigenvalue weighted by Gasteiger charge is -2.31. The highest BCUT2D eigenvalue weighted by Crippen LogP contribution is 2.64. The summed E-state index contributed by atoms with van der Waals surface area (Å²) in [6, 6.07) is 63.6. The summed E-state index contributed by atoms with van der Waals surface area (Å²) in [5.41, 5.74) is 16.5. The number of ether oxygens (including phenoxy) is 2. The number of thioether (sulfide) groups is 1. The van der Waals surface area contributed by atoms with Gasteiger partial charge in [0.25, 0.3) is 0 Å². The first-order valence-electron chi connectivity index (χ1n) is 20.2. The van der Waals surface area contributed by atoms with Crippen molar-refractivity contribution in [1.29, 1.82) is 0 Å². The Bertz CT molecular complexity index is 2990. The maximum Gasteiger partial charge on any atom is 0.172 e. The molecule has 280 valence electrons. The summed E-state index contributed by atoms with van der Waals surface area (Å²) in [4.78, 5) is 3.63. The summed E-state index contributed by atoms with van der Waals surface area (Å²) in [5, 5.41) is 0. The van der Waals surface area contributed by atoms with Gasteiger partial charge >= 0.3 is 0 Å². The zero-order valence-electron chi connectivity index (χ0n) is 32.1. The average Bonchev–Trinajstić information content (AvgIpc) is 3.79. The van der Waals surface area contributed by atoms with E-state index in [0.717, 1.165) is 40.7 Å². The molecule has 4 heteroatoms. The summed E-state index contributed by atoms with van der Waals surface area (Å²) < 4.78 is 13.7. The summed E-state index contributed by atoms with van der Waals surface area (Å²) >= 11 is 1.90. The standard InChI is InChI=1S/C55H37NO2S/c1-2-13-31-59-54-30-25-37(32-38(54)14-4-1)36-23-26-40(27-24-36)56(39-15-5-3-6-16-39)41-28-29-50-51(33-41)58-53-35-49-45(34-52(53)57-50)44-19-9-12-22-48(44)55(49)46-20-10-7-17-42(46)43-18-8-11-21-47(43)55/h1-13,15-30,32-35H,14,31H2. The van der Waals surface area contributed by atoms with E-state index in [1.165, 1.54) is 66.1 Å². The maximum absolute atomic E-state index is 6.93. The van der Waals surface area contributed by atoms with Gasteiger partial charge in [-0.2, -0.15) is 0 Å². The molecule has 0 atom stereocenters. The number of hydrogen-bond acceptors (Lipinski definition) is 4. The molecule has 12 rings (SSSR count). The third-order valence-electron chi connectivity index (χ3n) is 12.3. The van der Waals surface area contributed by atoms with Gasteiger partial charge in [0.1, 0.15) is 0 Å². The Kier molecular flexibility index (Phi) is 7.82. The smallest absolute Gasteiger partial charge is 0.172 e. The Morgan fingerprint density at radius 3 is 1.75 bits per heavy atom. The van der Waals surface area contributed by atoms with E-state index in [2.05, 4.69) is 199 Å². The second-order valence-corrected chi connectivity index (χ2v) is 16.5. The molecule has 8 aromatic carbocycles. The van der Waals surface area contributed by atoms with E-state index in [-0.39, 0.29) is 0 Å². The molecule has 0 fully saturated rings. The van der Waals surface area contributed by atoms with Crippen molar-refractivity contribution in [2.45, 2.75) is 16.7 Å². The van der Waals surface area contributed by atoms with Gasteiger partial charge < -0.3 is 14.4 Å². The molecule has 3 nitrogen and oxygen atoms in total. The number of allylic oxidation sites excluding steroid dienone is 3. The Morgan fingerprint density at radius 2 is 1.00 bits per heavy atom. The zero-order valence-corrected chi connectivity index (χ0v) is 33.0. The predicted octanol–water partition coefficient (Wildman–Crippen LogP) is 14.8. The number of fused-ring (bicyclic) bond motifs is 13. The molecule has 4 aliphatic rings. The van der Waals surface area contributed by atoms with Crippen LogP contribution in [0.15, 0.2) is 205 Å². The fraction of sp³-hybridized carbons (Fsp3) is 0.0545. The Morgan fingerprint density at radius 1 is 0.424 bits per heavy atom. The first-order valence-corrected chi connectivity index (χ1v) is 21.2. The Balaban J connectivity index is 0.927. The monoisotopic (exact) mass is 775 g/mol. The minimum Gasteiger partial charge on any atom is -0.449 e. The summed E-state index contributed by atoms with van der Waals surface area (Å²) in [7, 11) is 0. The molecule has 0 bridgehead atoms. The van der Waals surface area contributed by atoms with E-state index in [0.29, 0.717) is 11.5 Å². The predicted molar refractivity (Wildman–Crippen MR) is 242 cm³/mol. The van der Waals surface area contributed by atoms with Crippen LogP contribution in [0.4, 0.5) is 17.1 Å². The Labute approximate surface area is 348 Å². The van der Waals surface area contributed by atoms with Gasteiger partial charge in [-0.15, -0.1) is 11.8 Å². The molecule has 2 aliphatic carbocycles. The van der Waals surface area contributed by atoms with Crippen LogP contribution in [-0.2, 0) is 11.8 Å². The largest absolute Gasteiger partial charge is 0.449 e. The topological polar surface area (TPSA) is 21.7 Å². The summed E-state index contributed by atoms with van der Waals surface area (Å²) in [6.07, 6.45) is 9.68. The van der Waals surface area contributed by atoms with Crippen molar-refractivity contribution in [3.8, 4) is 56.4 Å². The molecule has 2 heterocycles. The van der Waals surface area contributed by atoms with Gasteiger partial charge in [0.2, 0.25) is 0 Å². The Hall–Kier alpha value is -7.01. The van der Waals surface area contributed by atoms with E-state index < -0.39 is 5.41 Å². The van der Waals surface area contributed by atoms with Gasteiger partial charge in [-0.1, -0.05) is 133 Å². The molecule has 2 aliphatic heterocycles. The average molecular weight is 776 g/mol. The lowest BCUT2D eigenvalue weighted by atomic mass is 9.70. The van der Waals surface area contributed by atoms with Gasteiger partial charge in [0.05, 0.1) is 11.1 Å². The van der Waals surface area contributed by atoms with Crippen LogP contribution in [0.2, 0.25) is 0 Å². The van der Waals surface area contributed by atoms with Crippen molar-refractivity contribution in [2.24, 2.45) is 0 Å². The second-order valence-electron chi connectivity index (χ2n) is 15.5. The van der Waals surface area contributed by atoms with Crippen LogP contribution >= 0.6 is 11.8 Å².